The van der Waals surface area contributed by atoms with Crippen LogP contribution in [0.4, 0.5) is 11.8 Å². The number of anilines is 2. The first kappa shape index (κ1) is 20.7. The second-order valence-electron chi connectivity index (χ2n) is 7.37. The number of nitrogens with zero attached hydrogens (tertiary/aromatic N) is 3. The summed E-state index contributed by atoms with van der Waals surface area (Å²) in [6, 6.07) is 7.54. The topological polar surface area (TPSA) is 88.6 Å². The molecule has 2 N–H and O–H groups in total. The van der Waals surface area contributed by atoms with Crippen LogP contribution in [0.5, 0.6) is 11.5 Å². The molecule has 29 heavy (non-hydrogen) atoms. The number of nitrogens with one attached hydrogen (secondary N) is 2. The summed E-state index contributed by atoms with van der Waals surface area (Å²) < 4.78 is 10.5. The molecule has 0 aliphatic heterocycles. The Balaban J connectivity index is 1.52. The van der Waals surface area contributed by atoms with Crippen molar-refractivity contribution in [2.24, 2.45) is 0 Å². The van der Waals surface area contributed by atoms with E-state index in [0.717, 1.165) is 31.5 Å². The number of hydrogen-bond acceptors (Lipinski definition) is 7. The van der Waals surface area contributed by atoms with Crippen LogP contribution >= 0.6 is 0 Å². The first-order valence-electron chi connectivity index (χ1n) is 9.80. The van der Waals surface area contributed by atoms with Crippen LogP contribution in [-0.4, -0.2) is 56.3 Å². The van der Waals surface area contributed by atoms with Gasteiger partial charge in [0, 0.05) is 37.9 Å². The third kappa shape index (κ3) is 5.28. The number of aromatic nitrogens is 2. The van der Waals surface area contributed by atoms with Crippen LogP contribution in [0.1, 0.15) is 36.0 Å². The maximum absolute atomic E-state index is 12.6. The summed E-state index contributed by atoms with van der Waals surface area (Å²) in [6.45, 7) is 0. The molecule has 1 aliphatic rings. The zero-order valence-electron chi connectivity index (χ0n) is 17.4. The van der Waals surface area contributed by atoms with Gasteiger partial charge in [-0.3, -0.25) is 4.79 Å². The summed E-state index contributed by atoms with van der Waals surface area (Å²) in [7, 11) is 7.05. The SMILES string of the molecule is COc1ccc(C(=O)N[C@H]2CC[C@@H](Nc3nccc(N(C)C)n3)CC2)cc1OC. The Bertz CT molecular complexity index is 835. The molecule has 8 nitrogen and oxygen atoms in total. The van der Waals surface area contributed by atoms with Crippen molar-refractivity contribution in [3.8, 4) is 11.5 Å². The minimum Gasteiger partial charge on any atom is -0.493 e. The van der Waals surface area contributed by atoms with Crippen molar-refractivity contribution in [2.75, 3.05) is 38.5 Å². The predicted octanol–water partition coefficient (Wildman–Crippen LogP) is 2.71. The van der Waals surface area contributed by atoms with Gasteiger partial charge in [-0.25, -0.2) is 4.98 Å². The van der Waals surface area contributed by atoms with E-state index in [0.29, 0.717) is 29.1 Å². The molecule has 1 aromatic heterocycles. The van der Waals surface area contributed by atoms with Gasteiger partial charge in [0.1, 0.15) is 5.82 Å². The molecule has 0 atom stereocenters. The summed E-state index contributed by atoms with van der Waals surface area (Å²) in [4.78, 5) is 23.4. The molecule has 0 saturated heterocycles. The van der Waals surface area contributed by atoms with Crippen molar-refractivity contribution in [3.05, 3.63) is 36.0 Å². The van der Waals surface area contributed by atoms with Crippen molar-refractivity contribution in [1.82, 2.24) is 15.3 Å². The Morgan fingerprint density at radius 1 is 1.03 bits per heavy atom. The number of benzene rings is 1. The maximum atomic E-state index is 12.6. The van der Waals surface area contributed by atoms with Gasteiger partial charge in [-0.2, -0.15) is 4.98 Å². The third-order valence-electron chi connectivity index (χ3n) is 5.14. The lowest BCUT2D eigenvalue weighted by Crippen LogP contribution is -2.40. The number of carbonyl (C=O) groups excluding carboxylic acids is 1. The molecular formula is C21H29N5O3. The first-order valence-corrected chi connectivity index (χ1v) is 9.80. The Morgan fingerprint density at radius 2 is 1.72 bits per heavy atom. The largest absolute Gasteiger partial charge is 0.493 e. The molecule has 0 radical (unpaired) electrons. The fourth-order valence-corrected chi connectivity index (χ4v) is 3.48. The Hall–Kier alpha value is -3.03. The van der Waals surface area contributed by atoms with Crippen LogP contribution in [0.25, 0.3) is 0 Å². The van der Waals surface area contributed by atoms with Crippen LogP contribution in [0.3, 0.4) is 0 Å². The van der Waals surface area contributed by atoms with E-state index in [1.165, 1.54) is 0 Å². The number of hydrogen-bond donors (Lipinski definition) is 2. The van der Waals surface area contributed by atoms with Crippen molar-refractivity contribution in [3.63, 3.8) is 0 Å². The lowest BCUT2D eigenvalue weighted by atomic mass is 9.91. The van der Waals surface area contributed by atoms with E-state index >= 15 is 0 Å². The number of rotatable bonds is 7. The molecule has 0 spiro atoms. The molecule has 0 unspecified atom stereocenters. The molecule has 1 saturated carbocycles. The summed E-state index contributed by atoms with van der Waals surface area (Å²) in [5.74, 6) is 2.58. The predicted molar refractivity (Wildman–Crippen MR) is 113 cm³/mol. The smallest absolute Gasteiger partial charge is 0.251 e. The van der Waals surface area contributed by atoms with Gasteiger partial charge in [0.25, 0.3) is 5.91 Å². The number of methoxy groups -OCH3 is 2. The molecule has 156 valence electrons. The molecule has 1 heterocycles. The Morgan fingerprint density at radius 3 is 2.38 bits per heavy atom. The van der Waals surface area contributed by atoms with Crippen LogP contribution in [0.15, 0.2) is 30.5 Å². The quantitative estimate of drug-likeness (QED) is 0.740. The minimum atomic E-state index is -0.0932. The van der Waals surface area contributed by atoms with E-state index in [1.54, 1.807) is 38.6 Å². The van der Waals surface area contributed by atoms with Gasteiger partial charge in [0.15, 0.2) is 11.5 Å². The van der Waals surface area contributed by atoms with Crippen molar-refractivity contribution in [1.29, 1.82) is 0 Å². The number of carbonyl (C=O) groups is 1. The van der Waals surface area contributed by atoms with Gasteiger partial charge in [0.2, 0.25) is 5.95 Å². The Kier molecular flexibility index (Phi) is 6.74. The average molecular weight is 399 g/mol. The van der Waals surface area contributed by atoms with E-state index in [2.05, 4.69) is 20.6 Å². The molecule has 3 rings (SSSR count). The van der Waals surface area contributed by atoms with E-state index in [9.17, 15) is 4.79 Å². The van der Waals surface area contributed by atoms with Gasteiger partial charge in [-0.05, 0) is 49.9 Å². The fourth-order valence-electron chi connectivity index (χ4n) is 3.48. The lowest BCUT2D eigenvalue weighted by molar-refractivity contribution is 0.0926. The van der Waals surface area contributed by atoms with E-state index in [4.69, 9.17) is 9.47 Å². The van der Waals surface area contributed by atoms with Gasteiger partial charge in [0.05, 0.1) is 14.2 Å². The monoisotopic (exact) mass is 399 g/mol. The van der Waals surface area contributed by atoms with E-state index in [-0.39, 0.29) is 11.9 Å². The highest BCUT2D eigenvalue weighted by atomic mass is 16.5. The first-order chi connectivity index (χ1) is 14.0. The van der Waals surface area contributed by atoms with Crippen LogP contribution in [0.2, 0.25) is 0 Å². The van der Waals surface area contributed by atoms with E-state index < -0.39 is 0 Å². The molecule has 1 aliphatic carbocycles. The van der Waals surface area contributed by atoms with Crippen molar-refractivity contribution in [2.45, 2.75) is 37.8 Å². The summed E-state index contributed by atoms with van der Waals surface area (Å²) in [6.07, 6.45) is 5.48. The molecular weight excluding hydrogens is 370 g/mol. The molecule has 1 amide bonds. The second-order valence-corrected chi connectivity index (χ2v) is 7.37. The van der Waals surface area contributed by atoms with Crippen molar-refractivity contribution < 1.29 is 14.3 Å². The third-order valence-corrected chi connectivity index (χ3v) is 5.14. The van der Waals surface area contributed by atoms with Crippen LogP contribution < -0.4 is 25.0 Å². The zero-order chi connectivity index (χ0) is 20.8. The number of ether oxygens (including phenoxy) is 2. The standard InChI is InChI=1S/C21H29N5O3/c1-26(2)19-11-12-22-21(25-19)24-16-8-6-15(7-9-16)23-20(27)14-5-10-17(28-3)18(13-14)29-4/h5,10-13,15-16H,6-9H2,1-4H3,(H,23,27)(H,22,24,25)/t15-,16+. The van der Waals surface area contributed by atoms with Gasteiger partial charge in [-0.15, -0.1) is 0 Å². The molecule has 1 aromatic carbocycles. The minimum absolute atomic E-state index is 0.0932. The average Bonchev–Trinajstić information content (AvgIpc) is 2.74. The molecule has 0 bridgehead atoms. The Labute approximate surface area is 171 Å². The maximum Gasteiger partial charge on any atom is 0.251 e. The molecule has 1 fully saturated rings. The van der Waals surface area contributed by atoms with Crippen LogP contribution in [-0.2, 0) is 0 Å². The van der Waals surface area contributed by atoms with E-state index in [1.807, 2.05) is 25.1 Å². The second kappa shape index (κ2) is 9.45. The van der Waals surface area contributed by atoms with Gasteiger partial charge in [-0.1, -0.05) is 0 Å². The van der Waals surface area contributed by atoms with Gasteiger partial charge < -0.3 is 25.0 Å². The summed E-state index contributed by atoms with van der Waals surface area (Å²) >= 11 is 0. The molecule has 2 aromatic rings. The lowest BCUT2D eigenvalue weighted by Gasteiger charge is -2.29. The highest BCUT2D eigenvalue weighted by molar-refractivity contribution is 5.95. The summed E-state index contributed by atoms with van der Waals surface area (Å²) in [5, 5.41) is 6.55. The highest BCUT2D eigenvalue weighted by Crippen LogP contribution is 2.28. The summed E-state index contributed by atoms with van der Waals surface area (Å²) in [5.41, 5.74) is 0.566. The fraction of sp³-hybridized carbons (Fsp3) is 0.476. The number of amides is 1. The zero-order valence-corrected chi connectivity index (χ0v) is 17.4. The van der Waals surface area contributed by atoms with Crippen LogP contribution in [0, 0.1) is 0 Å². The van der Waals surface area contributed by atoms with Crippen molar-refractivity contribution >= 4 is 17.7 Å². The normalized spacial score (nSPS) is 18.6. The highest BCUT2D eigenvalue weighted by Gasteiger charge is 2.23. The van der Waals surface area contributed by atoms with Gasteiger partial charge >= 0.3 is 0 Å². The molecule has 8 heteroatoms.